The molecule has 3 aromatic heterocycles. The van der Waals surface area contributed by atoms with Crippen LogP contribution in [0.3, 0.4) is 0 Å². The summed E-state index contributed by atoms with van der Waals surface area (Å²) < 4.78 is 1.87. The Labute approximate surface area is 171 Å². The highest BCUT2D eigenvalue weighted by Gasteiger charge is 2.19. The van der Waals surface area contributed by atoms with E-state index in [1.165, 1.54) is 11.8 Å². The summed E-state index contributed by atoms with van der Waals surface area (Å²) in [6.45, 7) is 3.91. The van der Waals surface area contributed by atoms with Crippen LogP contribution in [0.15, 0.2) is 59.1 Å². The van der Waals surface area contributed by atoms with Crippen molar-refractivity contribution in [2.24, 2.45) is 0 Å². The van der Waals surface area contributed by atoms with Gasteiger partial charge in [0.05, 0.1) is 11.8 Å². The van der Waals surface area contributed by atoms with E-state index in [2.05, 4.69) is 20.5 Å². The molecule has 0 aliphatic carbocycles. The summed E-state index contributed by atoms with van der Waals surface area (Å²) in [4.78, 5) is 18.2. The first-order valence-electron chi connectivity index (χ1n) is 8.81. The molecule has 0 radical (unpaired) electrons. The predicted molar refractivity (Wildman–Crippen MR) is 112 cm³/mol. The Bertz CT molecular complexity index is 1090. The zero-order valence-corrected chi connectivity index (χ0v) is 17.1. The van der Waals surface area contributed by atoms with E-state index in [9.17, 15) is 4.79 Å². The van der Waals surface area contributed by atoms with Crippen LogP contribution < -0.4 is 5.32 Å². The van der Waals surface area contributed by atoms with Crippen molar-refractivity contribution >= 4 is 34.8 Å². The lowest BCUT2D eigenvalue weighted by atomic mass is 10.1. The second-order valence-corrected chi connectivity index (χ2v) is 8.29. The Morgan fingerprint density at radius 2 is 2.00 bits per heavy atom. The third kappa shape index (κ3) is 3.93. The van der Waals surface area contributed by atoms with Gasteiger partial charge < -0.3 is 5.32 Å². The van der Waals surface area contributed by atoms with E-state index in [-0.39, 0.29) is 17.7 Å². The number of amides is 1. The third-order valence-corrected chi connectivity index (χ3v) is 6.13. The second kappa shape index (κ2) is 8.12. The first kappa shape index (κ1) is 18.6. The van der Waals surface area contributed by atoms with Gasteiger partial charge in [0.2, 0.25) is 5.91 Å². The molecule has 0 unspecified atom stereocenters. The van der Waals surface area contributed by atoms with Gasteiger partial charge in [-0.25, -0.2) is 4.98 Å². The molecule has 6 nitrogen and oxygen atoms in total. The van der Waals surface area contributed by atoms with Crippen LogP contribution in [0.4, 0.5) is 0 Å². The molecule has 0 aliphatic rings. The van der Waals surface area contributed by atoms with Crippen LogP contribution in [-0.2, 0) is 4.79 Å². The Hall–Kier alpha value is -2.71. The fraction of sp³-hybridized carbons (Fsp3) is 0.200. The predicted octanol–water partition coefficient (Wildman–Crippen LogP) is 3.80. The molecule has 1 atom stereocenters. The number of thiophene rings is 1. The molecule has 142 valence electrons. The van der Waals surface area contributed by atoms with Crippen molar-refractivity contribution in [2.45, 2.75) is 25.0 Å². The van der Waals surface area contributed by atoms with E-state index in [1.807, 2.05) is 72.2 Å². The number of carbonyl (C=O) groups is 1. The van der Waals surface area contributed by atoms with Crippen molar-refractivity contribution < 1.29 is 4.79 Å². The summed E-state index contributed by atoms with van der Waals surface area (Å²) in [6, 6.07) is 15.9. The topological polar surface area (TPSA) is 72.2 Å². The van der Waals surface area contributed by atoms with E-state index < -0.39 is 0 Å². The van der Waals surface area contributed by atoms with Gasteiger partial charge in [-0.2, -0.15) is 0 Å². The smallest absolute Gasteiger partial charge is 0.256 e. The molecule has 28 heavy (non-hydrogen) atoms. The number of hydrogen-bond acceptors (Lipinski definition) is 6. The zero-order valence-electron chi connectivity index (χ0n) is 15.5. The molecule has 3 heterocycles. The molecule has 0 saturated heterocycles. The molecule has 0 bridgehead atoms. The molecule has 1 amide bonds. The minimum atomic E-state index is -0.157. The number of aryl methyl sites for hydroxylation is 2. The van der Waals surface area contributed by atoms with Crippen LogP contribution in [0.1, 0.15) is 27.9 Å². The van der Waals surface area contributed by atoms with Crippen molar-refractivity contribution in [1.29, 1.82) is 0 Å². The maximum absolute atomic E-state index is 12.7. The summed E-state index contributed by atoms with van der Waals surface area (Å²) in [7, 11) is 0. The standard InChI is InChI=1S/C20H19N5OS2/c1-13-11-14(2)25-19(21-13)23-24-20(25)28-12-17(26)22-18(16-9-6-10-27-16)15-7-4-3-5-8-15/h3-11,18H,12H2,1-2H3,(H,22,26)/t18-/m0/s1. The van der Waals surface area contributed by atoms with Crippen molar-refractivity contribution in [1.82, 2.24) is 24.9 Å². The van der Waals surface area contributed by atoms with Crippen LogP contribution in [0, 0.1) is 13.8 Å². The van der Waals surface area contributed by atoms with E-state index in [0.717, 1.165) is 21.8 Å². The lowest BCUT2D eigenvalue weighted by molar-refractivity contribution is -0.119. The highest BCUT2D eigenvalue weighted by Crippen LogP contribution is 2.26. The first-order chi connectivity index (χ1) is 13.6. The number of hydrogen-bond donors (Lipinski definition) is 1. The van der Waals surface area contributed by atoms with Gasteiger partial charge in [-0.3, -0.25) is 9.20 Å². The Morgan fingerprint density at radius 3 is 2.75 bits per heavy atom. The third-order valence-electron chi connectivity index (χ3n) is 4.26. The maximum Gasteiger partial charge on any atom is 0.256 e. The van der Waals surface area contributed by atoms with Gasteiger partial charge in [0.1, 0.15) is 0 Å². The number of thioether (sulfide) groups is 1. The van der Waals surface area contributed by atoms with Crippen LogP contribution >= 0.6 is 23.1 Å². The van der Waals surface area contributed by atoms with Crippen LogP contribution in [0.5, 0.6) is 0 Å². The maximum atomic E-state index is 12.7. The number of benzene rings is 1. The van der Waals surface area contributed by atoms with E-state index in [0.29, 0.717) is 10.9 Å². The molecule has 1 N–H and O–H groups in total. The number of carbonyl (C=O) groups excluding carboxylic acids is 1. The van der Waals surface area contributed by atoms with Gasteiger partial charge in [-0.05, 0) is 36.9 Å². The average molecular weight is 410 g/mol. The van der Waals surface area contributed by atoms with Crippen LogP contribution in [0.25, 0.3) is 5.78 Å². The summed E-state index contributed by atoms with van der Waals surface area (Å²) >= 11 is 2.99. The van der Waals surface area contributed by atoms with Crippen LogP contribution in [0.2, 0.25) is 0 Å². The molecule has 1 aromatic carbocycles. The monoisotopic (exact) mass is 409 g/mol. The van der Waals surface area contributed by atoms with E-state index >= 15 is 0 Å². The molecule has 0 fully saturated rings. The Kier molecular flexibility index (Phi) is 5.40. The fourth-order valence-corrected chi connectivity index (χ4v) is 4.65. The van der Waals surface area contributed by atoms with Crippen LogP contribution in [-0.4, -0.2) is 31.2 Å². The highest BCUT2D eigenvalue weighted by molar-refractivity contribution is 7.99. The first-order valence-corrected chi connectivity index (χ1v) is 10.7. The minimum absolute atomic E-state index is 0.0540. The molecule has 4 aromatic rings. The highest BCUT2D eigenvalue weighted by atomic mass is 32.2. The molecular weight excluding hydrogens is 390 g/mol. The Morgan fingerprint density at radius 1 is 1.18 bits per heavy atom. The SMILES string of the molecule is Cc1cc(C)n2c(SCC(=O)N[C@@H](c3ccccc3)c3cccs3)nnc2n1. The summed E-state index contributed by atoms with van der Waals surface area (Å²) in [6.07, 6.45) is 0. The minimum Gasteiger partial charge on any atom is -0.344 e. The molecule has 0 spiro atoms. The molecule has 8 heteroatoms. The zero-order chi connectivity index (χ0) is 19.5. The number of aromatic nitrogens is 4. The molecular formula is C20H19N5OS2. The second-order valence-electron chi connectivity index (χ2n) is 6.37. The molecule has 0 saturated carbocycles. The lowest BCUT2D eigenvalue weighted by Crippen LogP contribution is -2.30. The Balaban J connectivity index is 1.49. The normalized spacial score (nSPS) is 12.2. The number of nitrogens with zero attached hydrogens (tertiary/aromatic N) is 4. The fourth-order valence-electron chi connectivity index (χ4n) is 3.05. The van der Waals surface area contributed by atoms with Gasteiger partial charge in [0.25, 0.3) is 5.78 Å². The average Bonchev–Trinajstić information content (AvgIpc) is 3.35. The van der Waals surface area contributed by atoms with E-state index in [1.54, 1.807) is 11.3 Å². The quantitative estimate of drug-likeness (QED) is 0.491. The summed E-state index contributed by atoms with van der Waals surface area (Å²) in [5, 5.41) is 14.1. The number of nitrogens with one attached hydrogen (secondary N) is 1. The largest absolute Gasteiger partial charge is 0.344 e. The van der Waals surface area contributed by atoms with Crippen molar-refractivity contribution in [3.8, 4) is 0 Å². The van der Waals surface area contributed by atoms with Gasteiger partial charge >= 0.3 is 0 Å². The molecule has 4 rings (SSSR count). The van der Waals surface area contributed by atoms with Gasteiger partial charge in [0.15, 0.2) is 5.16 Å². The van der Waals surface area contributed by atoms with E-state index in [4.69, 9.17) is 0 Å². The number of rotatable bonds is 6. The van der Waals surface area contributed by atoms with Crippen molar-refractivity contribution in [3.05, 3.63) is 75.7 Å². The van der Waals surface area contributed by atoms with Gasteiger partial charge in [-0.15, -0.1) is 21.5 Å². The van der Waals surface area contributed by atoms with Crippen molar-refractivity contribution in [3.63, 3.8) is 0 Å². The van der Waals surface area contributed by atoms with Gasteiger partial charge in [-0.1, -0.05) is 48.2 Å². The number of fused-ring (bicyclic) bond motifs is 1. The van der Waals surface area contributed by atoms with Crippen molar-refractivity contribution in [2.75, 3.05) is 5.75 Å². The summed E-state index contributed by atoms with van der Waals surface area (Å²) in [5.74, 6) is 0.755. The lowest BCUT2D eigenvalue weighted by Gasteiger charge is -2.18. The summed E-state index contributed by atoms with van der Waals surface area (Å²) in [5.41, 5.74) is 2.95. The molecule has 0 aliphatic heterocycles. The van der Waals surface area contributed by atoms with Gasteiger partial charge in [0, 0.05) is 16.3 Å².